The summed E-state index contributed by atoms with van der Waals surface area (Å²) >= 11 is 0. The van der Waals surface area contributed by atoms with Crippen molar-refractivity contribution in [1.29, 1.82) is 0 Å². The number of hydrogen-bond donors (Lipinski definition) is 5. The molecule has 0 radical (unpaired) electrons. The molecular weight excluding hydrogens is 704 g/mol. The second-order valence-electron chi connectivity index (χ2n) is 14.8. The molecule has 11 nitrogen and oxygen atoms in total. The van der Waals surface area contributed by atoms with E-state index in [-0.39, 0.29) is 60.9 Å². The van der Waals surface area contributed by atoms with Gasteiger partial charge in [0.05, 0.1) is 75.7 Å². The summed E-state index contributed by atoms with van der Waals surface area (Å²) in [4.78, 5) is 20.9. The molecule has 0 bridgehead atoms. The smallest absolute Gasteiger partial charge is 0.395 e. The van der Waals surface area contributed by atoms with Crippen molar-refractivity contribution in [2.75, 3.05) is 59.5 Å². The summed E-state index contributed by atoms with van der Waals surface area (Å²) in [7, 11) is 0. The van der Waals surface area contributed by atoms with Gasteiger partial charge in [-0.3, -0.25) is 9.59 Å². The maximum atomic E-state index is 10.5. The zero-order valence-electron chi connectivity index (χ0n) is 31.4. The number of Topliss-reactive ketones (excluding diaryl/α,β-unsaturated/α-hetero) is 2. The number of ether oxygens (including phenoxy) is 4. The zero-order valence-corrected chi connectivity index (χ0v) is 30.4. The molecule has 11 heteroatoms. The van der Waals surface area contributed by atoms with Gasteiger partial charge in [0.25, 0.3) is 0 Å². The molecule has 4 aliphatic rings. The average molecular weight is 768 g/mol. The summed E-state index contributed by atoms with van der Waals surface area (Å²) in [5.74, 6) is -0.832. The summed E-state index contributed by atoms with van der Waals surface area (Å²) in [6.45, 7) is 0.859. The third-order valence-corrected chi connectivity index (χ3v) is 11.3. The first kappa shape index (κ1) is 46.0. The van der Waals surface area contributed by atoms with E-state index in [1.165, 1.54) is 0 Å². The van der Waals surface area contributed by atoms with E-state index >= 15 is 0 Å². The van der Waals surface area contributed by atoms with Gasteiger partial charge in [-0.1, -0.05) is 106 Å². The van der Waals surface area contributed by atoms with Crippen molar-refractivity contribution in [3.8, 4) is 0 Å². The molecule has 0 aromatic heterocycles. The van der Waals surface area contributed by atoms with Gasteiger partial charge in [-0.25, -0.2) is 0 Å². The van der Waals surface area contributed by atoms with Crippen LogP contribution in [0.2, 0.25) is 0 Å². The van der Waals surface area contributed by atoms with Gasteiger partial charge in [0.1, 0.15) is 11.6 Å². The Kier molecular flexibility index (Phi) is 17.3. The highest BCUT2D eigenvalue weighted by Gasteiger charge is 2.54. The van der Waals surface area contributed by atoms with E-state index in [2.05, 4.69) is 0 Å². The van der Waals surface area contributed by atoms with Crippen LogP contribution in [0.3, 0.4) is 0 Å². The van der Waals surface area contributed by atoms with Crippen LogP contribution in [0.5, 0.6) is 0 Å². The minimum absolute atomic E-state index is 0. The highest BCUT2D eigenvalue weighted by Crippen LogP contribution is 2.47. The molecule has 2 aliphatic carbocycles. The van der Waals surface area contributed by atoms with E-state index in [0.717, 1.165) is 16.7 Å². The number of ketones is 2. The van der Waals surface area contributed by atoms with Crippen LogP contribution in [0, 0.1) is 0 Å². The number of carbonyl (C=O) groups is 2. The fraction of sp³-hybridized carbons (Fsp3) is 0.545. The van der Waals surface area contributed by atoms with Crippen LogP contribution >= 0.6 is 0 Å². The first-order chi connectivity index (χ1) is 25.6. The third-order valence-electron chi connectivity index (χ3n) is 11.3. The van der Waals surface area contributed by atoms with E-state index in [0.29, 0.717) is 77.8 Å². The van der Waals surface area contributed by atoms with E-state index in [9.17, 15) is 19.8 Å². The summed E-state index contributed by atoms with van der Waals surface area (Å²) in [6, 6.07) is 28.9. The zero-order chi connectivity index (χ0) is 37.8. The predicted molar refractivity (Wildman–Crippen MR) is 211 cm³/mol. The molecule has 0 atom stereocenters. The Morgan fingerprint density at radius 2 is 0.782 bits per heavy atom. The van der Waals surface area contributed by atoms with Gasteiger partial charge < -0.3 is 44.5 Å². The first-order valence-corrected chi connectivity index (χ1v) is 18.5. The van der Waals surface area contributed by atoms with E-state index in [4.69, 9.17) is 34.3 Å². The van der Waals surface area contributed by atoms with Crippen LogP contribution in [0.15, 0.2) is 91.0 Å². The Bertz CT molecular complexity index is 1440. The highest BCUT2D eigenvalue weighted by atomic mass is 16.7. The second kappa shape index (κ2) is 20.7. The number of aliphatic hydroxyl groups is 5. The van der Waals surface area contributed by atoms with Gasteiger partial charge in [-0.2, -0.15) is 0 Å². The molecule has 0 unspecified atom stereocenters. The average Bonchev–Trinajstić information content (AvgIpc) is 3.24. The lowest BCUT2D eigenvalue weighted by atomic mass is 9.79. The maximum Gasteiger partial charge on any atom is 1.00 e. The van der Waals surface area contributed by atoms with Crippen LogP contribution in [0.1, 0.15) is 84.3 Å². The van der Waals surface area contributed by atoms with Crippen molar-refractivity contribution in [3.63, 3.8) is 0 Å². The summed E-state index contributed by atoms with van der Waals surface area (Å²) < 4.78 is 25.2. The van der Waals surface area contributed by atoms with E-state index in [1.54, 1.807) is 12.1 Å². The van der Waals surface area contributed by atoms with Gasteiger partial charge in [0, 0.05) is 51.4 Å². The van der Waals surface area contributed by atoms with Crippen molar-refractivity contribution in [1.82, 2.24) is 0 Å². The molecule has 3 aromatic rings. The predicted octanol–water partition coefficient (Wildman–Crippen LogP) is 4.89. The van der Waals surface area contributed by atoms with E-state index < -0.39 is 27.8 Å². The highest BCUT2D eigenvalue weighted by molar-refractivity contribution is 5.92. The van der Waals surface area contributed by atoms with Crippen LogP contribution in [-0.2, 0) is 44.8 Å². The van der Waals surface area contributed by atoms with Crippen LogP contribution in [-0.4, -0.2) is 108 Å². The van der Waals surface area contributed by atoms with Crippen molar-refractivity contribution in [2.45, 2.75) is 94.0 Å². The summed E-state index contributed by atoms with van der Waals surface area (Å²) in [6.07, 6.45) is 4.61. The second-order valence-corrected chi connectivity index (χ2v) is 14.8. The SMILES string of the molecule is C.C.O=C1CCC(=O)CC1.OCC(CO)(CO)c1ccccc1.OCC1(c2ccccc2)COC2(CCC3(CC2)OCC(CO)(c2ccccc2)CO3)OC1.[H+]. The molecule has 3 aromatic carbocycles. The number of rotatable bonds is 8. The Morgan fingerprint density at radius 3 is 1.05 bits per heavy atom. The van der Waals surface area contributed by atoms with Gasteiger partial charge >= 0.3 is 1.43 Å². The van der Waals surface area contributed by atoms with E-state index in [1.807, 2.05) is 78.9 Å². The van der Waals surface area contributed by atoms with Gasteiger partial charge in [0.2, 0.25) is 0 Å². The van der Waals surface area contributed by atoms with Crippen molar-refractivity contribution >= 4 is 11.6 Å². The molecule has 2 heterocycles. The van der Waals surface area contributed by atoms with Gasteiger partial charge in [0.15, 0.2) is 11.6 Å². The lowest BCUT2D eigenvalue weighted by molar-refractivity contribution is -0.358. The topological polar surface area (TPSA) is 172 Å². The standard InChI is InChI=1S/C26H32O6.C10H14O3.C6H8O2.2CH4/c27-15-23(21-7-3-1-4-8-21)17-29-25(30-18-23)11-13-26(14-12-25)31-19-24(16-28,20-32-26)22-9-5-2-6-10-22;11-6-10(7-12,8-13)9-4-2-1-3-5-9;7-5-1-2-6(8)4-3-5;;/h1-10,27-28H,11-20H2;1-5,11-13H,6-8H2;1-4H2;2*1H4/p+1. The number of aliphatic hydroxyl groups excluding tert-OH is 5. The quantitative estimate of drug-likeness (QED) is 0.211. The van der Waals surface area contributed by atoms with Crippen LogP contribution < -0.4 is 0 Å². The molecule has 2 aliphatic heterocycles. The Labute approximate surface area is 327 Å². The molecule has 5 N–H and O–H groups in total. The lowest BCUT2D eigenvalue weighted by Gasteiger charge is -2.53. The van der Waals surface area contributed by atoms with Crippen molar-refractivity contribution in [2.24, 2.45) is 0 Å². The fourth-order valence-electron chi connectivity index (χ4n) is 7.14. The minimum Gasteiger partial charge on any atom is -0.395 e. The maximum absolute atomic E-state index is 10.5. The normalized spacial score (nSPS) is 27.7. The molecule has 2 saturated heterocycles. The summed E-state index contributed by atoms with van der Waals surface area (Å²) in [5, 5.41) is 47.6. The molecule has 7 rings (SSSR count). The molecule has 4 fully saturated rings. The molecule has 2 saturated carbocycles. The number of hydrogen-bond acceptors (Lipinski definition) is 11. The van der Waals surface area contributed by atoms with Crippen LogP contribution in [0.4, 0.5) is 0 Å². The van der Waals surface area contributed by atoms with Crippen molar-refractivity contribution < 1.29 is 55.5 Å². The Morgan fingerprint density at radius 1 is 0.491 bits per heavy atom. The lowest BCUT2D eigenvalue weighted by Crippen LogP contribution is -2.60. The minimum atomic E-state index is -0.915. The van der Waals surface area contributed by atoms with Crippen molar-refractivity contribution in [3.05, 3.63) is 108 Å². The molecule has 2 spiro atoms. The monoisotopic (exact) mass is 767 g/mol. The molecule has 304 valence electrons. The number of benzene rings is 3. The molecule has 55 heavy (non-hydrogen) atoms. The first-order valence-electron chi connectivity index (χ1n) is 18.5. The van der Waals surface area contributed by atoms with Crippen LogP contribution in [0.25, 0.3) is 0 Å². The largest absolute Gasteiger partial charge is 1.00 e. The van der Waals surface area contributed by atoms with Gasteiger partial charge in [-0.15, -0.1) is 0 Å². The van der Waals surface area contributed by atoms with Gasteiger partial charge in [-0.05, 0) is 16.7 Å². The third kappa shape index (κ3) is 10.7. The Hall–Kier alpha value is -3.36. The Balaban J connectivity index is 0.000000374. The fourth-order valence-corrected chi connectivity index (χ4v) is 7.14. The molecular formula is C44H63O11+. The summed E-state index contributed by atoms with van der Waals surface area (Å²) in [5.41, 5.74) is 0.838. The molecule has 0 amide bonds. The number of carbonyl (C=O) groups excluding carboxylic acids is 2.